The van der Waals surface area contributed by atoms with Gasteiger partial charge in [-0.3, -0.25) is 4.79 Å². The first-order valence-electron chi connectivity index (χ1n) is 8.74. The van der Waals surface area contributed by atoms with Gasteiger partial charge in [-0.2, -0.15) is 0 Å². The van der Waals surface area contributed by atoms with Gasteiger partial charge in [0.25, 0.3) is 0 Å². The van der Waals surface area contributed by atoms with E-state index < -0.39 is 11.4 Å². The molecular weight excluding hydrogens is 378 g/mol. The van der Waals surface area contributed by atoms with Crippen LogP contribution in [0.3, 0.4) is 0 Å². The number of nitrogens with zero attached hydrogens (tertiary/aromatic N) is 1. The van der Waals surface area contributed by atoms with Crippen molar-refractivity contribution in [2.24, 2.45) is 5.41 Å². The van der Waals surface area contributed by atoms with Crippen LogP contribution in [-0.4, -0.2) is 16.1 Å². The number of halogens is 1. The molecular formula is C21H30BrNO2. The molecule has 25 heavy (non-hydrogen) atoms. The maximum absolute atomic E-state index is 11.7. The minimum atomic E-state index is -0.913. The molecule has 0 aliphatic rings. The number of pyridine rings is 1. The lowest BCUT2D eigenvalue weighted by atomic mass is 9.77. The molecule has 0 aromatic carbocycles. The monoisotopic (exact) mass is 407 g/mol. The normalized spacial score (nSPS) is 13.2. The fourth-order valence-corrected chi connectivity index (χ4v) is 2.91. The highest BCUT2D eigenvalue weighted by atomic mass is 79.9. The van der Waals surface area contributed by atoms with Crippen molar-refractivity contribution in [3.8, 4) is 0 Å². The SMILES string of the molecule is C=C/C=C(\C=C)C(C)(CCCCCc1cccc(Br)n1)C(=O)O.CC. The van der Waals surface area contributed by atoms with Gasteiger partial charge in [0.2, 0.25) is 0 Å². The van der Waals surface area contributed by atoms with Gasteiger partial charge in [0, 0.05) is 5.69 Å². The number of aromatic nitrogens is 1. The molecule has 0 aliphatic carbocycles. The van der Waals surface area contributed by atoms with E-state index in [1.54, 1.807) is 25.2 Å². The zero-order valence-corrected chi connectivity index (χ0v) is 17.2. The lowest BCUT2D eigenvalue weighted by molar-refractivity contribution is -0.145. The first-order valence-corrected chi connectivity index (χ1v) is 9.54. The third-order valence-electron chi connectivity index (χ3n) is 4.01. The summed E-state index contributed by atoms with van der Waals surface area (Å²) in [7, 11) is 0. The number of aliphatic carboxylic acids is 1. The van der Waals surface area contributed by atoms with Crippen LogP contribution in [0.5, 0.6) is 0 Å². The fourth-order valence-electron chi connectivity index (χ4n) is 2.53. The van der Waals surface area contributed by atoms with E-state index in [0.29, 0.717) is 12.0 Å². The summed E-state index contributed by atoms with van der Waals surface area (Å²) >= 11 is 3.37. The predicted octanol–water partition coefficient (Wildman–Crippen LogP) is 6.36. The smallest absolute Gasteiger partial charge is 0.313 e. The van der Waals surface area contributed by atoms with E-state index in [9.17, 15) is 9.90 Å². The van der Waals surface area contributed by atoms with E-state index in [1.807, 2.05) is 32.0 Å². The summed E-state index contributed by atoms with van der Waals surface area (Å²) in [6.07, 6.45) is 9.24. The summed E-state index contributed by atoms with van der Waals surface area (Å²) < 4.78 is 0.846. The predicted molar refractivity (Wildman–Crippen MR) is 110 cm³/mol. The van der Waals surface area contributed by atoms with Gasteiger partial charge in [0.1, 0.15) is 4.60 Å². The van der Waals surface area contributed by atoms with Crippen molar-refractivity contribution in [1.82, 2.24) is 4.98 Å². The number of hydrogen-bond acceptors (Lipinski definition) is 2. The molecule has 0 fully saturated rings. The number of allylic oxidation sites excluding steroid dienone is 3. The van der Waals surface area contributed by atoms with E-state index >= 15 is 0 Å². The van der Waals surface area contributed by atoms with Crippen LogP contribution in [0.2, 0.25) is 0 Å². The van der Waals surface area contributed by atoms with Crippen LogP contribution in [0.15, 0.2) is 59.8 Å². The first-order chi connectivity index (χ1) is 11.9. The highest BCUT2D eigenvalue weighted by molar-refractivity contribution is 9.10. The molecule has 138 valence electrons. The van der Waals surface area contributed by atoms with Gasteiger partial charge >= 0.3 is 5.97 Å². The molecule has 0 saturated carbocycles. The highest BCUT2D eigenvalue weighted by Crippen LogP contribution is 2.34. The fraction of sp³-hybridized carbons (Fsp3) is 0.429. The molecule has 4 heteroatoms. The van der Waals surface area contributed by atoms with Gasteiger partial charge in [-0.25, -0.2) is 4.98 Å². The van der Waals surface area contributed by atoms with Crippen molar-refractivity contribution >= 4 is 21.9 Å². The van der Waals surface area contributed by atoms with Gasteiger partial charge in [0.15, 0.2) is 0 Å². The molecule has 0 bridgehead atoms. The molecule has 1 N–H and O–H groups in total. The Bertz CT molecular complexity index is 595. The van der Waals surface area contributed by atoms with Crippen LogP contribution in [0, 0.1) is 5.41 Å². The maximum Gasteiger partial charge on any atom is 0.313 e. The van der Waals surface area contributed by atoms with Crippen LogP contribution in [0.25, 0.3) is 0 Å². The van der Waals surface area contributed by atoms with Gasteiger partial charge in [-0.05, 0) is 59.8 Å². The molecule has 1 atom stereocenters. The molecule has 1 unspecified atom stereocenters. The number of carbonyl (C=O) groups is 1. The summed E-state index contributed by atoms with van der Waals surface area (Å²) in [5, 5.41) is 9.59. The number of carboxylic acid groups (broad SMARTS) is 1. The summed E-state index contributed by atoms with van der Waals surface area (Å²) in [5.74, 6) is -0.820. The molecule has 1 aromatic heterocycles. The lowest BCUT2D eigenvalue weighted by Crippen LogP contribution is -2.29. The van der Waals surface area contributed by atoms with Gasteiger partial charge in [-0.15, -0.1) is 0 Å². The lowest BCUT2D eigenvalue weighted by Gasteiger charge is -2.26. The Morgan fingerprint density at radius 1 is 1.28 bits per heavy atom. The van der Waals surface area contributed by atoms with Crippen LogP contribution in [0.1, 0.15) is 52.1 Å². The number of aryl methyl sites for hydroxylation is 1. The third-order valence-corrected chi connectivity index (χ3v) is 4.45. The van der Waals surface area contributed by atoms with Crippen LogP contribution >= 0.6 is 15.9 Å². The molecule has 0 aliphatic heterocycles. The quantitative estimate of drug-likeness (QED) is 0.278. The Labute approximate surface area is 160 Å². The van der Waals surface area contributed by atoms with Crippen molar-refractivity contribution in [2.45, 2.75) is 52.9 Å². The zero-order chi connectivity index (χ0) is 19.3. The summed E-state index contributed by atoms with van der Waals surface area (Å²) in [4.78, 5) is 16.1. The average Bonchev–Trinajstić information content (AvgIpc) is 2.60. The molecule has 0 radical (unpaired) electrons. The minimum absolute atomic E-state index is 0.583. The van der Waals surface area contributed by atoms with Crippen molar-refractivity contribution in [3.63, 3.8) is 0 Å². The van der Waals surface area contributed by atoms with E-state index in [1.165, 1.54) is 0 Å². The van der Waals surface area contributed by atoms with Crippen molar-refractivity contribution in [1.29, 1.82) is 0 Å². The Balaban J connectivity index is 0.00000277. The van der Waals surface area contributed by atoms with Gasteiger partial charge < -0.3 is 5.11 Å². The van der Waals surface area contributed by atoms with Crippen molar-refractivity contribution in [2.75, 3.05) is 0 Å². The summed E-state index contributed by atoms with van der Waals surface area (Å²) in [6.45, 7) is 13.1. The van der Waals surface area contributed by atoms with Gasteiger partial charge in [0.05, 0.1) is 5.41 Å². The molecule has 3 nitrogen and oxygen atoms in total. The second kappa shape index (κ2) is 12.6. The summed E-state index contributed by atoms with van der Waals surface area (Å²) in [6, 6.07) is 5.89. The minimum Gasteiger partial charge on any atom is -0.481 e. The molecule has 1 heterocycles. The number of hydrogen-bond donors (Lipinski definition) is 1. The molecule has 0 saturated heterocycles. The standard InChI is InChI=1S/C19H24BrNO2.C2H6/c1-4-10-15(5-2)19(3,18(22)23)14-8-6-7-11-16-12-9-13-17(20)21-16;1-2/h4-5,9-10,12-13H,1-2,6-8,11,14H2,3H3,(H,22,23);1-2H3/b15-10+;. The molecule has 0 spiro atoms. The molecule has 1 aromatic rings. The Hall–Kier alpha value is -1.68. The zero-order valence-electron chi connectivity index (χ0n) is 15.6. The van der Waals surface area contributed by atoms with E-state index in [0.717, 1.165) is 36.0 Å². The number of rotatable bonds is 10. The van der Waals surface area contributed by atoms with E-state index in [-0.39, 0.29) is 0 Å². The van der Waals surface area contributed by atoms with Gasteiger partial charge in [-0.1, -0.05) is 64.1 Å². The highest BCUT2D eigenvalue weighted by Gasteiger charge is 2.34. The Morgan fingerprint density at radius 3 is 2.48 bits per heavy atom. The topological polar surface area (TPSA) is 50.2 Å². The average molecular weight is 408 g/mol. The van der Waals surface area contributed by atoms with E-state index in [2.05, 4.69) is 34.1 Å². The largest absolute Gasteiger partial charge is 0.481 e. The third kappa shape index (κ3) is 7.82. The van der Waals surface area contributed by atoms with Crippen LogP contribution in [0.4, 0.5) is 0 Å². The van der Waals surface area contributed by atoms with E-state index in [4.69, 9.17) is 0 Å². The first kappa shape index (κ1) is 23.3. The summed E-state index contributed by atoms with van der Waals surface area (Å²) in [5.41, 5.74) is 0.844. The maximum atomic E-state index is 11.7. The van der Waals surface area contributed by atoms with Crippen molar-refractivity contribution < 1.29 is 9.90 Å². The molecule has 0 amide bonds. The van der Waals surface area contributed by atoms with Crippen LogP contribution in [-0.2, 0) is 11.2 Å². The second-order valence-electron chi connectivity index (χ2n) is 5.71. The Morgan fingerprint density at radius 2 is 1.96 bits per heavy atom. The number of unbranched alkanes of at least 4 members (excludes halogenated alkanes) is 2. The second-order valence-corrected chi connectivity index (χ2v) is 6.52. The molecule has 1 rings (SSSR count). The Kier molecular flexibility index (Phi) is 11.8. The number of carboxylic acids is 1. The van der Waals surface area contributed by atoms with Crippen molar-refractivity contribution in [3.05, 3.63) is 65.5 Å². The van der Waals surface area contributed by atoms with Crippen LogP contribution < -0.4 is 0 Å².